The monoisotopic (exact) mass is 371 g/mol. The van der Waals surface area contributed by atoms with Crippen molar-refractivity contribution in [2.45, 2.75) is 20.3 Å². The minimum atomic E-state index is -3.62. The average molecular weight is 371 g/mol. The Labute approximate surface area is 154 Å². The number of nitrogens with one attached hydrogen (secondary N) is 1. The Bertz CT molecular complexity index is 945. The lowest BCUT2D eigenvalue weighted by Gasteiger charge is -2.24. The van der Waals surface area contributed by atoms with Crippen LogP contribution in [0.4, 0.5) is 11.4 Å². The van der Waals surface area contributed by atoms with E-state index in [2.05, 4.69) is 11.4 Å². The molecule has 0 atom stereocenters. The van der Waals surface area contributed by atoms with E-state index in [1.54, 1.807) is 30.3 Å². The fraction of sp³-hybridized carbons (Fsp3) is 0.263. The molecular weight excluding hydrogens is 350 g/mol. The summed E-state index contributed by atoms with van der Waals surface area (Å²) in [5.41, 5.74) is 3.67. The van der Waals surface area contributed by atoms with Gasteiger partial charge in [-0.2, -0.15) is 5.26 Å². The lowest BCUT2D eigenvalue weighted by Crippen LogP contribution is -2.37. The van der Waals surface area contributed by atoms with Crippen LogP contribution in [0.1, 0.15) is 16.7 Å². The number of nitrogens with zero attached hydrogens (tertiary/aromatic N) is 2. The molecule has 0 fully saturated rings. The van der Waals surface area contributed by atoms with E-state index < -0.39 is 15.9 Å². The summed E-state index contributed by atoms with van der Waals surface area (Å²) in [7, 11) is -3.62. The third-order valence-corrected chi connectivity index (χ3v) is 4.96. The van der Waals surface area contributed by atoms with Crippen LogP contribution in [0.2, 0.25) is 0 Å². The molecule has 6 nitrogen and oxygen atoms in total. The number of hydrogen-bond donors (Lipinski definition) is 1. The van der Waals surface area contributed by atoms with E-state index in [1.807, 2.05) is 26.0 Å². The van der Waals surface area contributed by atoms with Crippen molar-refractivity contribution in [1.29, 1.82) is 5.26 Å². The molecule has 0 aliphatic rings. The van der Waals surface area contributed by atoms with Gasteiger partial charge in [-0.25, -0.2) is 8.42 Å². The molecule has 0 spiro atoms. The Morgan fingerprint density at radius 2 is 1.81 bits per heavy atom. The van der Waals surface area contributed by atoms with Gasteiger partial charge in [-0.3, -0.25) is 9.10 Å². The van der Waals surface area contributed by atoms with Crippen LogP contribution < -0.4 is 9.62 Å². The van der Waals surface area contributed by atoms with E-state index >= 15 is 0 Å². The number of rotatable bonds is 6. The largest absolute Gasteiger partial charge is 0.325 e. The van der Waals surface area contributed by atoms with Gasteiger partial charge in [-0.15, -0.1) is 0 Å². The Morgan fingerprint density at radius 3 is 2.35 bits per heavy atom. The van der Waals surface area contributed by atoms with E-state index in [4.69, 9.17) is 5.26 Å². The summed E-state index contributed by atoms with van der Waals surface area (Å²) < 4.78 is 25.5. The summed E-state index contributed by atoms with van der Waals surface area (Å²) in [5.74, 6) is -0.441. The van der Waals surface area contributed by atoms with Gasteiger partial charge in [0.2, 0.25) is 15.9 Å². The second kappa shape index (κ2) is 8.02. The van der Waals surface area contributed by atoms with E-state index in [9.17, 15) is 13.2 Å². The van der Waals surface area contributed by atoms with Crippen molar-refractivity contribution >= 4 is 27.3 Å². The molecule has 2 aromatic carbocycles. The Hall–Kier alpha value is -2.85. The minimum absolute atomic E-state index is 0.294. The van der Waals surface area contributed by atoms with E-state index in [1.165, 1.54) is 0 Å². The minimum Gasteiger partial charge on any atom is -0.325 e. The smallest absolute Gasteiger partial charge is 0.245 e. The highest BCUT2D eigenvalue weighted by Crippen LogP contribution is 2.23. The molecule has 0 unspecified atom stereocenters. The number of carbonyl (C=O) groups excluding carboxylic acids is 1. The number of hydrogen-bond acceptors (Lipinski definition) is 4. The lowest BCUT2D eigenvalue weighted by atomic mass is 10.1. The molecule has 0 radical (unpaired) electrons. The van der Waals surface area contributed by atoms with Crippen LogP contribution in [0.3, 0.4) is 0 Å². The molecule has 0 aliphatic carbocycles. The molecular formula is C19H21N3O3S. The SMILES string of the molecule is Cc1ccc(N(CC(=O)Nc2ccc(CC#N)cc2)S(C)(=O)=O)c(C)c1. The molecule has 0 heterocycles. The molecule has 7 heteroatoms. The standard InChI is InChI=1S/C19H21N3O3S/c1-14-4-9-18(15(2)12-14)22(26(3,24)25)13-19(23)21-17-7-5-16(6-8-17)10-11-20/h4-9,12H,10,13H2,1-3H3,(H,21,23). The summed E-state index contributed by atoms with van der Waals surface area (Å²) in [6.45, 7) is 3.42. The predicted octanol–water partition coefficient (Wildman–Crippen LogP) is 2.77. The van der Waals surface area contributed by atoms with Crippen molar-refractivity contribution < 1.29 is 13.2 Å². The zero-order chi connectivity index (χ0) is 19.3. The third kappa shape index (κ3) is 5.07. The maximum atomic E-state index is 12.4. The van der Waals surface area contributed by atoms with Gasteiger partial charge in [0.05, 0.1) is 24.4 Å². The van der Waals surface area contributed by atoms with Crippen LogP contribution >= 0.6 is 0 Å². The van der Waals surface area contributed by atoms with Crippen molar-refractivity contribution in [1.82, 2.24) is 0 Å². The molecule has 0 saturated carbocycles. The maximum Gasteiger partial charge on any atom is 0.245 e. The predicted molar refractivity (Wildman–Crippen MR) is 102 cm³/mol. The quantitative estimate of drug-likeness (QED) is 0.845. The van der Waals surface area contributed by atoms with Gasteiger partial charge in [-0.05, 0) is 43.2 Å². The van der Waals surface area contributed by atoms with Gasteiger partial charge in [0.25, 0.3) is 0 Å². The number of nitriles is 1. The highest BCUT2D eigenvalue weighted by Gasteiger charge is 2.22. The number of sulfonamides is 1. The molecule has 2 aromatic rings. The number of benzene rings is 2. The van der Waals surface area contributed by atoms with Gasteiger partial charge in [0.15, 0.2) is 0 Å². The third-order valence-electron chi connectivity index (χ3n) is 3.83. The first-order chi connectivity index (χ1) is 12.2. The van der Waals surface area contributed by atoms with E-state index in [-0.39, 0.29) is 6.54 Å². The van der Waals surface area contributed by atoms with Crippen molar-refractivity contribution in [3.8, 4) is 6.07 Å². The molecule has 136 valence electrons. The molecule has 0 aliphatic heterocycles. The van der Waals surface area contributed by atoms with Crippen LogP contribution in [0.25, 0.3) is 0 Å². The highest BCUT2D eigenvalue weighted by atomic mass is 32.2. The topological polar surface area (TPSA) is 90.3 Å². The summed E-state index contributed by atoms with van der Waals surface area (Å²) in [5, 5.41) is 11.4. The van der Waals surface area contributed by atoms with Gasteiger partial charge in [0.1, 0.15) is 6.54 Å². The first-order valence-corrected chi connectivity index (χ1v) is 9.86. The van der Waals surface area contributed by atoms with Crippen LogP contribution in [0.5, 0.6) is 0 Å². The van der Waals surface area contributed by atoms with Crippen LogP contribution in [0, 0.1) is 25.2 Å². The lowest BCUT2D eigenvalue weighted by molar-refractivity contribution is -0.114. The number of aryl methyl sites for hydroxylation is 2. The first kappa shape index (κ1) is 19.5. The molecule has 0 bridgehead atoms. The van der Waals surface area contributed by atoms with Gasteiger partial charge in [-0.1, -0.05) is 29.8 Å². The second-order valence-corrected chi connectivity index (χ2v) is 8.05. The summed E-state index contributed by atoms with van der Waals surface area (Å²) in [4.78, 5) is 12.4. The van der Waals surface area contributed by atoms with Crippen LogP contribution in [0.15, 0.2) is 42.5 Å². The highest BCUT2D eigenvalue weighted by molar-refractivity contribution is 7.92. The fourth-order valence-corrected chi connectivity index (χ4v) is 3.51. The van der Waals surface area contributed by atoms with Gasteiger partial charge in [0, 0.05) is 5.69 Å². The number of carbonyl (C=O) groups is 1. The van der Waals surface area contributed by atoms with Crippen molar-refractivity contribution in [2.24, 2.45) is 0 Å². The number of amides is 1. The van der Waals surface area contributed by atoms with Crippen molar-refractivity contribution in [2.75, 3.05) is 22.4 Å². The van der Waals surface area contributed by atoms with Crippen LogP contribution in [-0.2, 0) is 21.2 Å². The van der Waals surface area contributed by atoms with Crippen molar-refractivity contribution in [3.05, 3.63) is 59.2 Å². The molecule has 26 heavy (non-hydrogen) atoms. The summed E-state index contributed by atoms with van der Waals surface area (Å²) >= 11 is 0. The fourth-order valence-electron chi connectivity index (χ4n) is 2.59. The van der Waals surface area contributed by atoms with Crippen LogP contribution in [-0.4, -0.2) is 27.1 Å². The molecule has 0 saturated heterocycles. The first-order valence-electron chi connectivity index (χ1n) is 8.01. The summed E-state index contributed by atoms with van der Waals surface area (Å²) in [6, 6.07) is 14.3. The van der Waals surface area contributed by atoms with Crippen molar-refractivity contribution in [3.63, 3.8) is 0 Å². The second-order valence-electron chi connectivity index (χ2n) is 6.14. The Kier molecular flexibility index (Phi) is 6.01. The Morgan fingerprint density at radius 1 is 1.15 bits per heavy atom. The zero-order valence-electron chi connectivity index (χ0n) is 15.0. The van der Waals surface area contributed by atoms with Gasteiger partial charge >= 0.3 is 0 Å². The zero-order valence-corrected chi connectivity index (χ0v) is 15.8. The van der Waals surface area contributed by atoms with E-state index in [0.717, 1.165) is 27.3 Å². The summed E-state index contributed by atoms with van der Waals surface area (Å²) in [6.07, 6.45) is 1.37. The molecule has 1 N–H and O–H groups in total. The molecule has 2 rings (SSSR count). The number of anilines is 2. The van der Waals surface area contributed by atoms with E-state index in [0.29, 0.717) is 17.8 Å². The molecule has 1 amide bonds. The maximum absolute atomic E-state index is 12.4. The normalized spacial score (nSPS) is 10.8. The average Bonchev–Trinajstić information content (AvgIpc) is 2.54. The molecule has 0 aromatic heterocycles. The van der Waals surface area contributed by atoms with Gasteiger partial charge < -0.3 is 5.32 Å². The Balaban J connectivity index is 2.18.